The molecule has 0 aliphatic carbocycles. The Bertz CT molecular complexity index is 556. The van der Waals surface area contributed by atoms with Crippen molar-refractivity contribution in [3.63, 3.8) is 0 Å². The van der Waals surface area contributed by atoms with Crippen LogP contribution in [0.3, 0.4) is 0 Å². The Morgan fingerprint density at radius 1 is 1.10 bits per heavy atom. The summed E-state index contributed by atoms with van der Waals surface area (Å²) in [7, 11) is 2.57. The average molecular weight is 293 g/mol. The second-order valence-electron chi connectivity index (χ2n) is 6.56. The van der Waals surface area contributed by atoms with Crippen molar-refractivity contribution in [2.24, 2.45) is 0 Å². The van der Waals surface area contributed by atoms with E-state index in [1.165, 1.54) is 17.0 Å². The molecular formula is C15H21BFNO3. The lowest BCUT2D eigenvalue weighted by molar-refractivity contribution is 0.00578. The molecule has 0 radical (unpaired) electrons. The van der Waals surface area contributed by atoms with Crippen molar-refractivity contribution in [2.75, 3.05) is 14.1 Å². The van der Waals surface area contributed by atoms with Crippen LogP contribution in [0.2, 0.25) is 0 Å². The van der Waals surface area contributed by atoms with Gasteiger partial charge in [-0.1, -0.05) is 0 Å². The van der Waals surface area contributed by atoms with E-state index in [0.29, 0.717) is 5.46 Å². The zero-order chi connectivity index (χ0) is 16.0. The van der Waals surface area contributed by atoms with Gasteiger partial charge in [-0.15, -0.1) is 0 Å². The first-order valence-corrected chi connectivity index (χ1v) is 6.91. The lowest BCUT2D eigenvalue weighted by Gasteiger charge is -2.32. The van der Waals surface area contributed by atoms with E-state index in [-0.39, 0.29) is 11.5 Å². The quantitative estimate of drug-likeness (QED) is 0.781. The summed E-state index contributed by atoms with van der Waals surface area (Å²) in [4.78, 5) is 13.4. The van der Waals surface area contributed by atoms with Gasteiger partial charge in [0.1, 0.15) is 5.82 Å². The molecule has 1 aliphatic rings. The minimum absolute atomic E-state index is 0.257. The Kier molecular flexibility index (Phi) is 3.89. The van der Waals surface area contributed by atoms with Gasteiger partial charge in [0.25, 0.3) is 5.91 Å². The minimum Gasteiger partial charge on any atom is -0.399 e. The predicted molar refractivity (Wildman–Crippen MR) is 80.1 cm³/mol. The summed E-state index contributed by atoms with van der Waals surface area (Å²) in [6.07, 6.45) is 0. The molecule has 1 fully saturated rings. The molecule has 1 heterocycles. The van der Waals surface area contributed by atoms with E-state index in [9.17, 15) is 9.18 Å². The number of rotatable bonds is 2. The Morgan fingerprint density at radius 2 is 1.62 bits per heavy atom. The predicted octanol–water partition coefficient (Wildman–Crippen LogP) is 1.83. The third kappa shape index (κ3) is 2.96. The molecule has 6 heteroatoms. The van der Waals surface area contributed by atoms with Crippen LogP contribution in [0, 0.1) is 5.82 Å². The van der Waals surface area contributed by atoms with Crippen LogP contribution >= 0.6 is 0 Å². The molecular weight excluding hydrogens is 272 g/mol. The first-order valence-electron chi connectivity index (χ1n) is 6.91. The molecule has 0 saturated carbocycles. The molecule has 4 nitrogen and oxygen atoms in total. The van der Waals surface area contributed by atoms with Crippen molar-refractivity contribution < 1.29 is 18.5 Å². The molecule has 1 amide bonds. The Morgan fingerprint density at radius 3 is 2.10 bits per heavy atom. The van der Waals surface area contributed by atoms with Crippen molar-refractivity contribution in [3.05, 3.63) is 29.6 Å². The summed E-state index contributed by atoms with van der Waals surface area (Å²) in [5.74, 6) is -0.736. The summed E-state index contributed by atoms with van der Waals surface area (Å²) in [5, 5.41) is 0. The number of nitrogens with zero attached hydrogens (tertiary/aromatic N) is 1. The van der Waals surface area contributed by atoms with Crippen molar-refractivity contribution in [3.8, 4) is 0 Å². The van der Waals surface area contributed by atoms with Crippen LogP contribution in [0.4, 0.5) is 4.39 Å². The highest BCUT2D eigenvalue weighted by Gasteiger charge is 2.51. The van der Waals surface area contributed by atoms with Crippen molar-refractivity contribution in [1.82, 2.24) is 4.90 Å². The summed E-state index contributed by atoms with van der Waals surface area (Å²) < 4.78 is 25.6. The molecule has 2 rings (SSSR count). The molecule has 1 aromatic rings. The highest BCUT2D eigenvalue weighted by molar-refractivity contribution is 6.62. The first kappa shape index (κ1) is 16.0. The van der Waals surface area contributed by atoms with Gasteiger partial charge in [0.2, 0.25) is 0 Å². The topological polar surface area (TPSA) is 38.8 Å². The third-order valence-electron chi connectivity index (χ3n) is 4.10. The Balaban J connectivity index is 2.36. The summed E-state index contributed by atoms with van der Waals surface area (Å²) in [6, 6.07) is 4.18. The molecule has 114 valence electrons. The maximum Gasteiger partial charge on any atom is 0.494 e. The molecule has 1 saturated heterocycles. The van der Waals surface area contributed by atoms with Crippen LogP contribution in [-0.4, -0.2) is 43.2 Å². The van der Waals surface area contributed by atoms with Gasteiger partial charge in [0.05, 0.1) is 11.2 Å². The Hall–Kier alpha value is -1.40. The Labute approximate surface area is 125 Å². The number of benzene rings is 1. The molecule has 0 aromatic heterocycles. The van der Waals surface area contributed by atoms with Crippen molar-refractivity contribution in [2.45, 2.75) is 38.9 Å². The zero-order valence-corrected chi connectivity index (χ0v) is 13.4. The molecule has 0 unspecified atom stereocenters. The van der Waals surface area contributed by atoms with Crippen LogP contribution in [-0.2, 0) is 9.31 Å². The molecule has 1 aliphatic heterocycles. The SMILES string of the molecule is CN(C)C(=O)c1cc(F)cc(B2OC(C)(C)C(C)(C)O2)c1. The average Bonchev–Trinajstić information content (AvgIpc) is 2.56. The van der Waals surface area contributed by atoms with Crippen LogP contribution < -0.4 is 5.46 Å². The van der Waals surface area contributed by atoms with E-state index in [1.807, 2.05) is 27.7 Å². The lowest BCUT2D eigenvalue weighted by atomic mass is 9.78. The van der Waals surface area contributed by atoms with E-state index >= 15 is 0 Å². The van der Waals surface area contributed by atoms with Gasteiger partial charge in [-0.3, -0.25) is 4.79 Å². The van der Waals surface area contributed by atoms with Crippen LogP contribution in [0.5, 0.6) is 0 Å². The minimum atomic E-state index is -0.681. The van der Waals surface area contributed by atoms with E-state index in [2.05, 4.69) is 0 Å². The van der Waals surface area contributed by atoms with E-state index < -0.39 is 24.1 Å². The fourth-order valence-corrected chi connectivity index (χ4v) is 2.11. The van der Waals surface area contributed by atoms with E-state index in [0.717, 1.165) is 0 Å². The molecule has 0 atom stereocenters. The number of carbonyl (C=O) groups is 1. The smallest absolute Gasteiger partial charge is 0.399 e. The largest absolute Gasteiger partial charge is 0.494 e. The standard InChI is InChI=1S/C15H21BFNO3/c1-14(2)15(3,4)21-16(20-14)11-7-10(8-12(17)9-11)13(19)18(5)6/h7-9H,1-6H3. The fourth-order valence-electron chi connectivity index (χ4n) is 2.11. The van der Waals surface area contributed by atoms with Gasteiger partial charge in [-0.25, -0.2) is 4.39 Å². The summed E-state index contributed by atoms with van der Waals surface area (Å²) in [6.45, 7) is 7.72. The van der Waals surface area contributed by atoms with Gasteiger partial charge in [-0.2, -0.15) is 0 Å². The highest BCUT2D eigenvalue weighted by atomic mass is 19.1. The number of hydrogen-bond donors (Lipinski definition) is 0. The third-order valence-corrected chi connectivity index (χ3v) is 4.10. The highest BCUT2D eigenvalue weighted by Crippen LogP contribution is 2.36. The fraction of sp³-hybridized carbons (Fsp3) is 0.533. The summed E-state index contributed by atoms with van der Waals surface area (Å²) >= 11 is 0. The van der Waals surface area contributed by atoms with Crippen LogP contribution in [0.15, 0.2) is 18.2 Å². The van der Waals surface area contributed by atoms with Gasteiger partial charge in [0.15, 0.2) is 0 Å². The molecule has 0 bridgehead atoms. The molecule has 0 spiro atoms. The number of carbonyl (C=O) groups excluding carboxylic acids is 1. The van der Waals surface area contributed by atoms with Crippen LogP contribution in [0.1, 0.15) is 38.1 Å². The van der Waals surface area contributed by atoms with E-state index in [1.54, 1.807) is 20.2 Å². The molecule has 21 heavy (non-hydrogen) atoms. The maximum absolute atomic E-state index is 13.8. The number of hydrogen-bond acceptors (Lipinski definition) is 3. The monoisotopic (exact) mass is 293 g/mol. The zero-order valence-electron chi connectivity index (χ0n) is 13.4. The van der Waals surface area contributed by atoms with Gasteiger partial charge in [0, 0.05) is 19.7 Å². The van der Waals surface area contributed by atoms with Gasteiger partial charge in [-0.05, 0) is 51.4 Å². The first-order chi connectivity index (χ1) is 9.53. The van der Waals surface area contributed by atoms with Gasteiger partial charge >= 0.3 is 7.12 Å². The number of amides is 1. The maximum atomic E-state index is 13.8. The van der Waals surface area contributed by atoms with E-state index in [4.69, 9.17) is 9.31 Å². The summed E-state index contributed by atoms with van der Waals surface area (Å²) in [5.41, 5.74) is -0.214. The van der Waals surface area contributed by atoms with Crippen molar-refractivity contribution in [1.29, 1.82) is 0 Å². The van der Waals surface area contributed by atoms with Crippen LogP contribution in [0.25, 0.3) is 0 Å². The normalized spacial score (nSPS) is 19.7. The van der Waals surface area contributed by atoms with Crippen molar-refractivity contribution >= 4 is 18.5 Å². The lowest BCUT2D eigenvalue weighted by Crippen LogP contribution is -2.41. The van der Waals surface area contributed by atoms with Gasteiger partial charge < -0.3 is 14.2 Å². The number of halogens is 1. The second kappa shape index (κ2) is 5.11. The second-order valence-corrected chi connectivity index (χ2v) is 6.56. The molecule has 1 aromatic carbocycles. The molecule has 0 N–H and O–H groups in total.